The molecule has 0 aliphatic heterocycles. The first-order valence-electron chi connectivity index (χ1n) is 10.7. The molecule has 3 rings (SSSR count). The average molecular weight is 470 g/mol. The second-order valence-electron chi connectivity index (χ2n) is 7.81. The fourth-order valence-electron chi connectivity index (χ4n) is 3.86. The van der Waals surface area contributed by atoms with Gasteiger partial charge in [-0.15, -0.1) is 12.4 Å². The van der Waals surface area contributed by atoms with E-state index in [1.54, 1.807) is 7.11 Å². The van der Waals surface area contributed by atoms with Gasteiger partial charge in [-0.25, -0.2) is 4.98 Å². The summed E-state index contributed by atoms with van der Waals surface area (Å²) < 4.78 is 45.5. The number of aromatic nitrogens is 1. The van der Waals surface area contributed by atoms with E-state index >= 15 is 0 Å². The highest BCUT2D eigenvalue weighted by Crippen LogP contribution is 2.37. The van der Waals surface area contributed by atoms with Crippen molar-refractivity contribution >= 4 is 39.9 Å². The Balaban J connectivity index is 0.00000363. The number of halogens is 4. The summed E-state index contributed by atoms with van der Waals surface area (Å²) in [5.74, 6) is 0.637. The Morgan fingerprint density at radius 2 is 1.66 bits per heavy atom. The molecular formula is C24H31ClF3N3O. The summed E-state index contributed by atoms with van der Waals surface area (Å²) in [4.78, 5) is 6.95. The Morgan fingerprint density at radius 1 is 1.03 bits per heavy atom. The van der Waals surface area contributed by atoms with Crippen LogP contribution < -0.4 is 10.1 Å². The lowest BCUT2D eigenvalue weighted by molar-refractivity contribution is -0.137. The van der Waals surface area contributed by atoms with Gasteiger partial charge in [0.05, 0.1) is 29.4 Å². The van der Waals surface area contributed by atoms with E-state index in [-0.39, 0.29) is 18.4 Å². The zero-order chi connectivity index (χ0) is 22.6. The standard InChI is InChI=1S/C24H30F3N3O.ClH/c1-5-30(6-2)13-7-8-16(3)28-23-19-14-17(24(25,26)27)9-11-21(19)29-22-12-10-18(31-4)15-20(22)23;/h9-12,14-16H,5-8,13H2,1-4H3,(H,28,29);1H. The number of ether oxygens (including phenoxy) is 1. The maximum absolute atomic E-state index is 13.4. The van der Waals surface area contributed by atoms with Crippen LogP contribution in [-0.4, -0.2) is 42.7 Å². The van der Waals surface area contributed by atoms with Crippen molar-refractivity contribution in [3.05, 3.63) is 42.0 Å². The topological polar surface area (TPSA) is 37.4 Å². The van der Waals surface area contributed by atoms with Crippen LogP contribution in [0.5, 0.6) is 5.75 Å². The van der Waals surface area contributed by atoms with E-state index in [0.29, 0.717) is 27.9 Å². The minimum atomic E-state index is -4.41. The van der Waals surface area contributed by atoms with Gasteiger partial charge in [0.2, 0.25) is 0 Å². The summed E-state index contributed by atoms with van der Waals surface area (Å²) in [5.41, 5.74) is 1.23. The van der Waals surface area contributed by atoms with Crippen LogP contribution in [0.1, 0.15) is 39.2 Å². The fourth-order valence-corrected chi connectivity index (χ4v) is 3.86. The van der Waals surface area contributed by atoms with Gasteiger partial charge in [-0.2, -0.15) is 13.2 Å². The highest BCUT2D eigenvalue weighted by Gasteiger charge is 2.31. The Bertz CT molecular complexity index is 1040. The Morgan fingerprint density at radius 3 is 2.25 bits per heavy atom. The molecule has 0 spiro atoms. The van der Waals surface area contributed by atoms with Gasteiger partial charge in [-0.1, -0.05) is 13.8 Å². The van der Waals surface area contributed by atoms with E-state index in [4.69, 9.17) is 4.74 Å². The molecule has 0 fully saturated rings. The molecule has 0 saturated heterocycles. The third-order valence-corrected chi connectivity index (χ3v) is 5.70. The van der Waals surface area contributed by atoms with Gasteiger partial charge in [-0.05, 0) is 75.8 Å². The number of pyridine rings is 1. The van der Waals surface area contributed by atoms with Crippen LogP contribution in [-0.2, 0) is 6.18 Å². The summed E-state index contributed by atoms with van der Waals surface area (Å²) in [5, 5.41) is 4.70. The van der Waals surface area contributed by atoms with Gasteiger partial charge in [-0.3, -0.25) is 0 Å². The van der Waals surface area contributed by atoms with E-state index in [9.17, 15) is 13.2 Å². The lowest BCUT2D eigenvalue weighted by Gasteiger charge is -2.22. The molecule has 0 bridgehead atoms. The molecule has 2 aromatic carbocycles. The average Bonchev–Trinajstić information content (AvgIpc) is 2.75. The van der Waals surface area contributed by atoms with Gasteiger partial charge in [0, 0.05) is 16.8 Å². The van der Waals surface area contributed by atoms with E-state index < -0.39 is 11.7 Å². The normalized spacial score (nSPS) is 12.8. The predicted octanol–water partition coefficient (Wildman–Crippen LogP) is 6.76. The summed E-state index contributed by atoms with van der Waals surface area (Å²) in [7, 11) is 1.57. The molecule has 176 valence electrons. The van der Waals surface area contributed by atoms with E-state index in [1.165, 1.54) is 12.1 Å². The molecule has 0 aliphatic carbocycles. The van der Waals surface area contributed by atoms with Gasteiger partial charge < -0.3 is 15.0 Å². The van der Waals surface area contributed by atoms with Crippen LogP contribution in [0, 0.1) is 0 Å². The Hall–Kier alpha value is -2.25. The molecule has 3 aromatic rings. The molecule has 4 nitrogen and oxygen atoms in total. The molecule has 1 heterocycles. The number of benzene rings is 2. The van der Waals surface area contributed by atoms with E-state index in [2.05, 4.69) is 36.0 Å². The van der Waals surface area contributed by atoms with E-state index in [0.717, 1.165) is 43.9 Å². The van der Waals surface area contributed by atoms with Crippen LogP contribution in [0.3, 0.4) is 0 Å². The number of hydrogen-bond acceptors (Lipinski definition) is 4. The molecule has 1 atom stereocenters. The van der Waals surface area contributed by atoms with Crippen molar-refractivity contribution < 1.29 is 17.9 Å². The SMILES string of the molecule is CCN(CC)CCCC(C)Nc1c2cc(OC)ccc2nc2ccc(C(F)(F)F)cc12.Cl. The molecule has 1 aromatic heterocycles. The number of hydrogen-bond donors (Lipinski definition) is 1. The van der Waals surface area contributed by atoms with Crippen molar-refractivity contribution in [2.24, 2.45) is 0 Å². The summed E-state index contributed by atoms with van der Waals surface area (Å²) in [6.45, 7) is 9.38. The van der Waals surface area contributed by atoms with Crippen molar-refractivity contribution in [3.8, 4) is 5.75 Å². The maximum Gasteiger partial charge on any atom is 0.416 e. The Labute approximate surface area is 193 Å². The smallest absolute Gasteiger partial charge is 0.416 e. The predicted molar refractivity (Wildman–Crippen MR) is 128 cm³/mol. The molecule has 0 amide bonds. The number of alkyl halides is 3. The first kappa shape index (κ1) is 26.0. The Kier molecular flexibility index (Phi) is 8.98. The quantitative estimate of drug-likeness (QED) is 0.351. The first-order valence-corrected chi connectivity index (χ1v) is 10.7. The highest BCUT2D eigenvalue weighted by molar-refractivity contribution is 6.08. The summed E-state index contributed by atoms with van der Waals surface area (Å²) >= 11 is 0. The largest absolute Gasteiger partial charge is 0.497 e. The number of nitrogens with one attached hydrogen (secondary N) is 1. The van der Waals surface area contributed by atoms with E-state index in [1.807, 2.05) is 18.2 Å². The molecule has 32 heavy (non-hydrogen) atoms. The number of methoxy groups -OCH3 is 1. The minimum absolute atomic E-state index is 0. The number of anilines is 1. The molecule has 1 unspecified atom stereocenters. The minimum Gasteiger partial charge on any atom is -0.497 e. The lowest BCUT2D eigenvalue weighted by Crippen LogP contribution is -2.25. The first-order chi connectivity index (χ1) is 14.8. The number of nitrogens with zero attached hydrogens (tertiary/aromatic N) is 2. The van der Waals surface area contributed by atoms with Crippen LogP contribution in [0.15, 0.2) is 36.4 Å². The summed E-state index contributed by atoms with van der Waals surface area (Å²) in [6, 6.07) is 9.27. The van der Waals surface area contributed by atoms with Crippen LogP contribution in [0.4, 0.5) is 18.9 Å². The van der Waals surface area contributed by atoms with Gasteiger partial charge >= 0.3 is 6.18 Å². The maximum atomic E-state index is 13.4. The van der Waals surface area contributed by atoms with Crippen molar-refractivity contribution in [1.82, 2.24) is 9.88 Å². The van der Waals surface area contributed by atoms with Crippen LogP contribution in [0.2, 0.25) is 0 Å². The van der Waals surface area contributed by atoms with Gasteiger partial charge in [0.15, 0.2) is 0 Å². The molecule has 1 N–H and O–H groups in total. The monoisotopic (exact) mass is 469 g/mol. The number of fused-ring (bicyclic) bond motifs is 2. The van der Waals surface area contributed by atoms with Crippen LogP contribution in [0.25, 0.3) is 21.8 Å². The zero-order valence-electron chi connectivity index (χ0n) is 18.9. The second kappa shape index (κ2) is 11.1. The van der Waals surface area contributed by atoms with Crippen LogP contribution >= 0.6 is 12.4 Å². The van der Waals surface area contributed by atoms with Crippen molar-refractivity contribution in [1.29, 1.82) is 0 Å². The second-order valence-corrected chi connectivity index (χ2v) is 7.81. The van der Waals surface area contributed by atoms with Gasteiger partial charge in [0.25, 0.3) is 0 Å². The van der Waals surface area contributed by atoms with Crippen molar-refractivity contribution in [3.63, 3.8) is 0 Å². The van der Waals surface area contributed by atoms with Crippen molar-refractivity contribution in [2.75, 3.05) is 32.1 Å². The van der Waals surface area contributed by atoms with Gasteiger partial charge in [0.1, 0.15) is 5.75 Å². The summed E-state index contributed by atoms with van der Waals surface area (Å²) in [6.07, 6.45) is -2.50. The third-order valence-electron chi connectivity index (χ3n) is 5.70. The molecular weight excluding hydrogens is 439 g/mol. The fraction of sp³-hybridized carbons (Fsp3) is 0.458. The number of rotatable bonds is 9. The highest BCUT2D eigenvalue weighted by atomic mass is 35.5. The molecule has 0 saturated carbocycles. The molecule has 0 aliphatic rings. The molecule has 8 heteroatoms. The molecule has 0 radical (unpaired) electrons. The van der Waals surface area contributed by atoms with Crippen molar-refractivity contribution in [2.45, 2.75) is 45.8 Å². The zero-order valence-corrected chi connectivity index (χ0v) is 19.7. The third kappa shape index (κ3) is 5.95. The lowest BCUT2D eigenvalue weighted by atomic mass is 10.0.